The number of hydrogen-bond donors (Lipinski definition) is 0. The van der Waals surface area contributed by atoms with E-state index >= 15 is 0 Å². The van der Waals surface area contributed by atoms with Gasteiger partial charge in [0, 0.05) is 22.4 Å². The van der Waals surface area contributed by atoms with Gasteiger partial charge in [0.05, 0.1) is 16.8 Å². The predicted octanol–water partition coefficient (Wildman–Crippen LogP) is 5.21. The lowest BCUT2D eigenvalue weighted by Gasteiger charge is -2.54. The first kappa shape index (κ1) is 20.1. The van der Waals surface area contributed by atoms with E-state index in [-0.39, 0.29) is 34.1 Å². The second-order valence-corrected chi connectivity index (χ2v) is 9.32. The molecule has 0 N–H and O–H groups in total. The Morgan fingerprint density at radius 3 is 2.15 bits per heavy atom. The number of carbonyl (C=O) groups is 2. The fourth-order valence-electron chi connectivity index (χ4n) is 6.60. The highest BCUT2D eigenvalue weighted by atomic mass is 35.5. The van der Waals surface area contributed by atoms with Crippen LogP contribution in [0.15, 0.2) is 66.7 Å². The molecule has 4 aliphatic rings. The van der Waals surface area contributed by atoms with Crippen LogP contribution in [0.1, 0.15) is 41.5 Å². The lowest BCUT2D eigenvalue weighted by molar-refractivity contribution is -0.384. The molecule has 0 spiro atoms. The van der Waals surface area contributed by atoms with Crippen LogP contribution in [0.3, 0.4) is 0 Å². The Balaban J connectivity index is 1.63. The van der Waals surface area contributed by atoms with Crippen LogP contribution in [0.25, 0.3) is 0 Å². The summed E-state index contributed by atoms with van der Waals surface area (Å²) in [4.78, 5) is 40.2. The molecule has 2 bridgehead atoms. The summed E-state index contributed by atoms with van der Waals surface area (Å²) in [6, 6.07) is 20.1. The van der Waals surface area contributed by atoms with Gasteiger partial charge >= 0.3 is 0 Å². The van der Waals surface area contributed by atoms with Gasteiger partial charge in [-0.2, -0.15) is 0 Å². The molecule has 1 saturated heterocycles. The minimum Gasteiger partial charge on any atom is -0.274 e. The van der Waals surface area contributed by atoms with Crippen molar-refractivity contribution in [2.24, 2.45) is 11.8 Å². The summed E-state index contributed by atoms with van der Waals surface area (Å²) in [5, 5.41) is 11.9. The number of nitro groups is 1. The smallest absolute Gasteiger partial charge is 0.274 e. The first-order chi connectivity index (χ1) is 15.9. The maximum absolute atomic E-state index is 14.0. The third-order valence-electron chi connectivity index (χ3n) is 7.73. The summed E-state index contributed by atoms with van der Waals surface area (Å²) >= 11 is 5.99. The molecular formula is C26H19ClN2O4. The molecule has 1 fully saturated rings. The van der Waals surface area contributed by atoms with E-state index < -0.39 is 22.2 Å². The molecule has 1 heterocycles. The van der Waals surface area contributed by atoms with Crippen LogP contribution in [0, 0.1) is 22.0 Å². The van der Waals surface area contributed by atoms with E-state index in [1.54, 1.807) is 0 Å². The van der Waals surface area contributed by atoms with Crippen molar-refractivity contribution in [1.82, 2.24) is 0 Å². The Bertz CT molecular complexity index is 1340. The van der Waals surface area contributed by atoms with E-state index in [1.807, 2.05) is 43.3 Å². The van der Waals surface area contributed by atoms with Gasteiger partial charge in [-0.15, -0.1) is 0 Å². The Morgan fingerprint density at radius 2 is 1.58 bits per heavy atom. The molecule has 0 aromatic heterocycles. The Kier molecular flexibility index (Phi) is 4.11. The molecule has 2 amide bonds. The molecule has 0 saturated carbocycles. The molecule has 33 heavy (non-hydrogen) atoms. The highest BCUT2D eigenvalue weighted by molar-refractivity contribution is 6.31. The van der Waals surface area contributed by atoms with Gasteiger partial charge in [0.15, 0.2) is 0 Å². The van der Waals surface area contributed by atoms with Gasteiger partial charge in [-0.1, -0.05) is 67.1 Å². The SMILES string of the molecule is CCC12c3ccccc3C(c3ccccc31)[C@@H]1C(=O)N(c3ccc(Cl)cc3[N+](=O)[O-])C(=O)[C@@H]12. The number of halogens is 1. The van der Waals surface area contributed by atoms with Gasteiger partial charge < -0.3 is 0 Å². The molecule has 164 valence electrons. The maximum Gasteiger partial charge on any atom is 0.294 e. The molecular weight excluding hydrogens is 440 g/mol. The zero-order valence-electron chi connectivity index (χ0n) is 17.7. The lowest BCUT2D eigenvalue weighted by atomic mass is 9.46. The number of imide groups is 1. The third kappa shape index (κ3) is 2.34. The summed E-state index contributed by atoms with van der Waals surface area (Å²) in [5.74, 6) is -2.28. The zero-order valence-corrected chi connectivity index (χ0v) is 18.5. The van der Waals surface area contributed by atoms with Crippen LogP contribution in [0.2, 0.25) is 5.02 Å². The fraction of sp³-hybridized carbons (Fsp3) is 0.231. The Hall–Kier alpha value is -3.51. The molecule has 7 rings (SSSR count). The molecule has 7 heteroatoms. The van der Waals surface area contributed by atoms with Gasteiger partial charge in [-0.3, -0.25) is 19.7 Å². The molecule has 3 aromatic carbocycles. The number of nitro benzene ring substituents is 1. The lowest BCUT2D eigenvalue weighted by Crippen LogP contribution is -2.53. The molecule has 6 nitrogen and oxygen atoms in total. The second kappa shape index (κ2) is 6.75. The molecule has 2 atom stereocenters. The first-order valence-corrected chi connectivity index (χ1v) is 11.3. The average molecular weight is 459 g/mol. The third-order valence-corrected chi connectivity index (χ3v) is 7.96. The van der Waals surface area contributed by atoms with Crippen LogP contribution >= 0.6 is 11.6 Å². The van der Waals surface area contributed by atoms with Crippen LogP contribution < -0.4 is 4.90 Å². The van der Waals surface area contributed by atoms with Crippen molar-refractivity contribution in [1.29, 1.82) is 0 Å². The van der Waals surface area contributed by atoms with Crippen molar-refractivity contribution < 1.29 is 14.5 Å². The number of nitrogens with zero attached hydrogens (tertiary/aromatic N) is 2. The first-order valence-electron chi connectivity index (χ1n) is 10.9. The van der Waals surface area contributed by atoms with Gasteiger partial charge in [0.25, 0.3) is 5.69 Å². The highest BCUT2D eigenvalue weighted by Gasteiger charge is 2.67. The second-order valence-electron chi connectivity index (χ2n) is 8.88. The highest BCUT2D eigenvalue weighted by Crippen LogP contribution is 2.65. The summed E-state index contributed by atoms with van der Waals surface area (Å²) in [6.07, 6.45) is 0.629. The van der Waals surface area contributed by atoms with E-state index in [4.69, 9.17) is 11.6 Å². The van der Waals surface area contributed by atoms with Gasteiger partial charge in [-0.05, 0) is 40.8 Å². The van der Waals surface area contributed by atoms with Crippen molar-refractivity contribution in [2.75, 3.05) is 4.90 Å². The predicted molar refractivity (Wildman–Crippen MR) is 123 cm³/mol. The van der Waals surface area contributed by atoms with Crippen LogP contribution in [-0.2, 0) is 15.0 Å². The standard InChI is InChI=1S/C26H19ClN2O4/c1-2-26-17-9-5-3-7-15(17)21(16-8-4-6-10-18(16)26)22-23(26)25(31)28(24(22)30)19-12-11-14(27)13-20(19)29(32)33/h3-13,21-23H,2H2,1H3/t21?,22-,23+,26?/m0/s1. The molecule has 3 aliphatic carbocycles. The number of carbonyl (C=O) groups excluding carboxylic acids is 2. The van der Waals surface area contributed by atoms with Crippen molar-refractivity contribution in [3.63, 3.8) is 0 Å². The summed E-state index contributed by atoms with van der Waals surface area (Å²) < 4.78 is 0. The average Bonchev–Trinajstić information content (AvgIpc) is 3.10. The fourth-order valence-corrected chi connectivity index (χ4v) is 6.77. The van der Waals surface area contributed by atoms with Gasteiger partial charge in [0.2, 0.25) is 11.8 Å². The van der Waals surface area contributed by atoms with Crippen molar-refractivity contribution in [2.45, 2.75) is 24.7 Å². The zero-order chi connectivity index (χ0) is 23.1. The van der Waals surface area contributed by atoms with Crippen LogP contribution in [-0.4, -0.2) is 16.7 Å². The van der Waals surface area contributed by atoms with E-state index in [0.717, 1.165) is 27.2 Å². The normalized spacial score (nSPS) is 26.7. The largest absolute Gasteiger partial charge is 0.294 e. The number of rotatable bonds is 3. The Morgan fingerprint density at radius 1 is 0.970 bits per heavy atom. The molecule has 3 aromatic rings. The maximum atomic E-state index is 14.0. The number of anilines is 1. The van der Waals surface area contributed by atoms with E-state index in [2.05, 4.69) is 12.1 Å². The molecule has 1 aliphatic heterocycles. The van der Waals surface area contributed by atoms with E-state index in [9.17, 15) is 19.7 Å². The quantitative estimate of drug-likeness (QED) is 0.306. The van der Waals surface area contributed by atoms with Crippen LogP contribution in [0.4, 0.5) is 11.4 Å². The summed E-state index contributed by atoms with van der Waals surface area (Å²) in [6.45, 7) is 2.04. The van der Waals surface area contributed by atoms with Crippen LogP contribution in [0.5, 0.6) is 0 Å². The molecule has 0 radical (unpaired) electrons. The van der Waals surface area contributed by atoms with E-state index in [0.29, 0.717) is 6.42 Å². The monoisotopic (exact) mass is 458 g/mol. The van der Waals surface area contributed by atoms with Gasteiger partial charge in [0.1, 0.15) is 5.69 Å². The van der Waals surface area contributed by atoms with Crippen molar-refractivity contribution in [3.05, 3.63) is 104 Å². The molecule has 0 unspecified atom stereocenters. The number of amides is 2. The Labute approximate surface area is 194 Å². The van der Waals surface area contributed by atoms with Crippen molar-refractivity contribution in [3.8, 4) is 0 Å². The topological polar surface area (TPSA) is 80.5 Å². The number of hydrogen-bond acceptors (Lipinski definition) is 4. The van der Waals surface area contributed by atoms with Crippen molar-refractivity contribution >= 4 is 34.8 Å². The summed E-state index contributed by atoms with van der Waals surface area (Å²) in [7, 11) is 0. The minimum atomic E-state index is -0.671. The van der Waals surface area contributed by atoms with Gasteiger partial charge in [-0.25, -0.2) is 4.90 Å². The number of benzene rings is 3. The van der Waals surface area contributed by atoms with E-state index in [1.165, 1.54) is 18.2 Å². The summed E-state index contributed by atoms with van der Waals surface area (Å²) in [5.41, 5.74) is 3.23. The minimum absolute atomic E-state index is 0.0208.